The first kappa shape index (κ1) is 20.4. The lowest BCUT2D eigenvalue weighted by Gasteiger charge is -2.12. The molecule has 0 aromatic heterocycles. The first-order valence-corrected chi connectivity index (χ1v) is 9.49. The summed E-state index contributed by atoms with van der Waals surface area (Å²) in [5.74, 6) is -0.227. The third-order valence-corrected chi connectivity index (χ3v) is 4.35. The zero-order valence-corrected chi connectivity index (χ0v) is 16.6. The van der Waals surface area contributed by atoms with Gasteiger partial charge in [-0.1, -0.05) is 35.9 Å². The Hall–Kier alpha value is -3.31. The normalized spacial score (nSPS) is 10.3. The van der Waals surface area contributed by atoms with Crippen LogP contribution in [0.15, 0.2) is 72.8 Å². The van der Waals surface area contributed by atoms with E-state index in [-0.39, 0.29) is 5.91 Å². The molecule has 3 rings (SSSR count). The van der Waals surface area contributed by atoms with Crippen LogP contribution in [0.2, 0.25) is 5.02 Å². The highest BCUT2D eigenvalue weighted by Crippen LogP contribution is 2.22. The summed E-state index contributed by atoms with van der Waals surface area (Å²) in [6.07, 6.45) is 0. The number of esters is 1. The average Bonchev–Trinajstić information content (AvgIpc) is 2.74. The number of hydrogen-bond acceptors (Lipinski definition) is 4. The van der Waals surface area contributed by atoms with E-state index in [1.165, 1.54) is 0 Å². The van der Waals surface area contributed by atoms with Gasteiger partial charge in [-0.05, 0) is 61.0 Å². The number of anilines is 1. The zero-order valence-electron chi connectivity index (χ0n) is 15.9. The third kappa shape index (κ3) is 5.59. The van der Waals surface area contributed by atoms with Gasteiger partial charge in [-0.2, -0.15) is 0 Å². The van der Waals surface area contributed by atoms with Crippen molar-refractivity contribution in [3.05, 3.63) is 94.5 Å². The highest BCUT2D eigenvalue weighted by Gasteiger charge is 2.13. The van der Waals surface area contributed by atoms with Gasteiger partial charge in [0.25, 0.3) is 5.91 Å². The number of nitrogens with one attached hydrogen (secondary N) is 1. The Labute approximate surface area is 174 Å². The molecule has 0 bridgehead atoms. The minimum atomic E-state index is -0.397. The minimum Gasteiger partial charge on any atom is -0.488 e. The summed E-state index contributed by atoms with van der Waals surface area (Å²) >= 11 is 5.90. The summed E-state index contributed by atoms with van der Waals surface area (Å²) in [7, 11) is 0. The Morgan fingerprint density at radius 3 is 2.31 bits per heavy atom. The van der Waals surface area contributed by atoms with Crippen molar-refractivity contribution in [1.29, 1.82) is 0 Å². The molecule has 0 saturated heterocycles. The molecular formula is C23H20ClNO4. The summed E-state index contributed by atoms with van der Waals surface area (Å²) in [4.78, 5) is 24.4. The second-order valence-electron chi connectivity index (χ2n) is 6.16. The van der Waals surface area contributed by atoms with Crippen molar-refractivity contribution >= 4 is 29.2 Å². The van der Waals surface area contributed by atoms with Gasteiger partial charge in [0.05, 0.1) is 17.7 Å². The molecule has 0 spiro atoms. The summed E-state index contributed by atoms with van der Waals surface area (Å²) in [6.45, 7) is 2.37. The first-order valence-electron chi connectivity index (χ1n) is 9.11. The standard InChI is InChI=1S/C23H20ClNO4/c1-2-28-23(27)17-9-13-19(14-10-17)25-22(26)20-5-3-4-6-21(20)29-15-16-7-11-18(24)12-8-16/h3-14H,2,15H2,1H3,(H,25,26). The molecule has 148 valence electrons. The minimum absolute atomic E-state index is 0.305. The molecule has 0 unspecified atom stereocenters. The van der Waals surface area contributed by atoms with E-state index in [0.717, 1.165) is 5.56 Å². The number of amides is 1. The lowest BCUT2D eigenvalue weighted by molar-refractivity contribution is 0.0526. The van der Waals surface area contributed by atoms with E-state index >= 15 is 0 Å². The Morgan fingerprint density at radius 1 is 0.931 bits per heavy atom. The lowest BCUT2D eigenvalue weighted by Crippen LogP contribution is -2.14. The molecule has 6 heteroatoms. The van der Waals surface area contributed by atoms with E-state index < -0.39 is 5.97 Å². The predicted octanol–water partition coefficient (Wildman–Crippen LogP) is 5.35. The molecule has 0 saturated carbocycles. The van der Waals surface area contributed by atoms with Crippen LogP contribution in [-0.4, -0.2) is 18.5 Å². The lowest BCUT2D eigenvalue weighted by atomic mass is 10.1. The zero-order chi connectivity index (χ0) is 20.6. The quantitative estimate of drug-likeness (QED) is 0.534. The van der Waals surface area contributed by atoms with E-state index in [1.807, 2.05) is 18.2 Å². The molecule has 0 aliphatic heterocycles. The van der Waals surface area contributed by atoms with Gasteiger partial charge in [0.15, 0.2) is 0 Å². The smallest absolute Gasteiger partial charge is 0.338 e. The molecule has 3 aromatic rings. The van der Waals surface area contributed by atoms with Crippen molar-refractivity contribution in [2.24, 2.45) is 0 Å². The molecule has 0 fully saturated rings. The number of carbonyl (C=O) groups excluding carboxylic acids is 2. The van der Waals surface area contributed by atoms with Crippen LogP contribution in [0.25, 0.3) is 0 Å². The number of benzene rings is 3. The summed E-state index contributed by atoms with van der Waals surface area (Å²) in [5.41, 5.74) is 2.35. The molecule has 1 N–H and O–H groups in total. The van der Waals surface area contributed by atoms with Crippen LogP contribution in [0.1, 0.15) is 33.2 Å². The molecule has 0 heterocycles. The van der Waals surface area contributed by atoms with Crippen LogP contribution in [0.4, 0.5) is 5.69 Å². The Kier molecular flexibility index (Phi) is 6.87. The van der Waals surface area contributed by atoms with Gasteiger partial charge in [-0.3, -0.25) is 4.79 Å². The molecule has 29 heavy (non-hydrogen) atoms. The fraction of sp³-hybridized carbons (Fsp3) is 0.130. The van der Waals surface area contributed by atoms with E-state index in [2.05, 4.69) is 5.32 Å². The van der Waals surface area contributed by atoms with Crippen LogP contribution in [0.5, 0.6) is 5.75 Å². The van der Waals surface area contributed by atoms with Crippen molar-refractivity contribution in [2.45, 2.75) is 13.5 Å². The molecule has 0 atom stereocenters. The fourth-order valence-electron chi connectivity index (χ4n) is 2.62. The topological polar surface area (TPSA) is 64.6 Å². The molecule has 3 aromatic carbocycles. The van der Waals surface area contributed by atoms with Gasteiger partial charge in [0.1, 0.15) is 12.4 Å². The number of ether oxygens (including phenoxy) is 2. The van der Waals surface area contributed by atoms with Crippen LogP contribution >= 0.6 is 11.6 Å². The van der Waals surface area contributed by atoms with Gasteiger partial charge in [0.2, 0.25) is 0 Å². The highest BCUT2D eigenvalue weighted by atomic mass is 35.5. The predicted molar refractivity (Wildman–Crippen MR) is 113 cm³/mol. The summed E-state index contributed by atoms with van der Waals surface area (Å²) in [5, 5.41) is 3.47. The number of carbonyl (C=O) groups is 2. The maximum atomic E-state index is 12.7. The summed E-state index contributed by atoms with van der Waals surface area (Å²) < 4.78 is 10.8. The van der Waals surface area contributed by atoms with Crippen LogP contribution < -0.4 is 10.1 Å². The molecular weight excluding hydrogens is 390 g/mol. The van der Waals surface area contributed by atoms with Crippen molar-refractivity contribution < 1.29 is 19.1 Å². The Balaban J connectivity index is 1.68. The van der Waals surface area contributed by atoms with Gasteiger partial charge in [-0.25, -0.2) is 4.79 Å². The Bertz CT molecular complexity index is 985. The maximum absolute atomic E-state index is 12.7. The fourth-order valence-corrected chi connectivity index (χ4v) is 2.75. The van der Waals surface area contributed by atoms with Crippen molar-refractivity contribution in [3.8, 4) is 5.75 Å². The largest absolute Gasteiger partial charge is 0.488 e. The SMILES string of the molecule is CCOC(=O)c1ccc(NC(=O)c2ccccc2OCc2ccc(Cl)cc2)cc1. The maximum Gasteiger partial charge on any atom is 0.338 e. The van der Waals surface area contributed by atoms with Crippen molar-refractivity contribution in [2.75, 3.05) is 11.9 Å². The number of para-hydroxylation sites is 1. The first-order chi connectivity index (χ1) is 14.1. The number of rotatable bonds is 7. The molecule has 0 aliphatic carbocycles. The van der Waals surface area contributed by atoms with Crippen molar-refractivity contribution in [3.63, 3.8) is 0 Å². The van der Waals surface area contributed by atoms with E-state index in [1.54, 1.807) is 61.5 Å². The van der Waals surface area contributed by atoms with E-state index in [0.29, 0.717) is 40.8 Å². The molecule has 1 amide bonds. The van der Waals surface area contributed by atoms with Crippen LogP contribution in [0, 0.1) is 0 Å². The molecule has 0 radical (unpaired) electrons. The average molecular weight is 410 g/mol. The second kappa shape index (κ2) is 9.75. The van der Waals surface area contributed by atoms with Crippen LogP contribution in [0.3, 0.4) is 0 Å². The van der Waals surface area contributed by atoms with Gasteiger partial charge in [-0.15, -0.1) is 0 Å². The van der Waals surface area contributed by atoms with Gasteiger partial charge >= 0.3 is 5.97 Å². The number of halogens is 1. The highest BCUT2D eigenvalue weighted by molar-refractivity contribution is 6.30. The number of hydrogen-bond donors (Lipinski definition) is 1. The second-order valence-corrected chi connectivity index (χ2v) is 6.60. The van der Waals surface area contributed by atoms with Crippen molar-refractivity contribution in [1.82, 2.24) is 0 Å². The monoisotopic (exact) mass is 409 g/mol. The van der Waals surface area contributed by atoms with Crippen LogP contribution in [-0.2, 0) is 11.3 Å². The van der Waals surface area contributed by atoms with Gasteiger partial charge < -0.3 is 14.8 Å². The summed E-state index contributed by atoms with van der Waals surface area (Å²) in [6, 6.07) is 20.9. The van der Waals surface area contributed by atoms with E-state index in [4.69, 9.17) is 21.1 Å². The molecule has 5 nitrogen and oxygen atoms in total. The van der Waals surface area contributed by atoms with E-state index in [9.17, 15) is 9.59 Å². The Morgan fingerprint density at radius 2 is 1.62 bits per heavy atom. The molecule has 0 aliphatic rings. The van der Waals surface area contributed by atoms with Gasteiger partial charge in [0, 0.05) is 10.7 Å². The third-order valence-electron chi connectivity index (χ3n) is 4.09.